The predicted octanol–water partition coefficient (Wildman–Crippen LogP) is 3.18. The zero-order valence-electron chi connectivity index (χ0n) is 15.8. The normalized spacial score (nSPS) is 17.4. The number of nitrogens with zero attached hydrogens (tertiary/aromatic N) is 2. The van der Waals surface area contributed by atoms with Crippen molar-refractivity contribution in [3.8, 4) is 0 Å². The lowest BCUT2D eigenvalue weighted by atomic mass is 10.1. The van der Waals surface area contributed by atoms with Crippen molar-refractivity contribution < 1.29 is 22.4 Å². The molecule has 1 saturated heterocycles. The molecule has 3 rings (SSSR count). The lowest BCUT2D eigenvalue weighted by Crippen LogP contribution is -2.49. The largest absolute Gasteiger partial charge is 0.460 e. The third kappa shape index (κ3) is 4.41. The van der Waals surface area contributed by atoms with Gasteiger partial charge in [0.25, 0.3) is 10.0 Å². The highest BCUT2D eigenvalue weighted by Crippen LogP contribution is 2.26. The maximum atomic E-state index is 12.8. The molecule has 7 nitrogen and oxygen atoms in total. The quantitative estimate of drug-likeness (QED) is 0.660. The van der Waals surface area contributed by atoms with Gasteiger partial charge in [-0.25, -0.2) is 13.2 Å². The van der Waals surface area contributed by atoms with Crippen LogP contribution in [0.4, 0.5) is 0 Å². The number of hydrogen-bond donors (Lipinski definition) is 0. The zero-order valence-corrected chi connectivity index (χ0v) is 17.4. The van der Waals surface area contributed by atoms with E-state index < -0.39 is 16.0 Å². The van der Waals surface area contributed by atoms with Gasteiger partial charge in [0.2, 0.25) is 10.9 Å². The monoisotopic (exact) mass is 426 g/mol. The summed E-state index contributed by atoms with van der Waals surface area (Å²) in [5.41, 5.74) is 1.09. The van der Waals surface area contributed by atoms with E-state index in [0.717, 1.165) is 5.56 Å². The molecule has 0 bridgehead atoms. The molecule has 0 saturated carbocycles. The van der Waals surface area contributed by atoms with Crippen LogP contribution < -0.4 is 0 Å². The molecule has 2 heterocycles. The van der Waals surface area contributed by atoms with E-state index in [4.69, 9.17) is 20.8 Å². The average Bonchev–Trinajstić information content (AvgIpc) is 3.19. The number of esters is 1. The lowest BCUT2D eigenvalue weighted by Gasteiger charge is -2.37. The molecule has 0 aliphatic carbocycles. The number of sulfonamides is 1. The van der Waals surface area contributed by atoms with Crippen molar-refractivity contribution in [3.63, 3.8) is 0 Å². The van der Waals surface area contributed by atoms with Crippen LogP contribution in [0.25, 0.3) is 0 Å². The minimum atomic E-state index is -3.80. The van der Waals surface area contributed by atoms with Crippen LogP contribution in [0.5, 0.6) is 0 Å². The third-order valence-electron chi connectivity index (χ3n) is 4.80. The summed E-state index contributed by atoms with van der Waals surface area (Å²) >= 11 is 6.07. The van der Waals surface area contributed by atoms with Crippen molar-refractivity contribution in [3.05, 3.63) is 52.7 Å². The molecule has 0 spiro atoms. The summed E-state index contributed by atoms with van der Waals surface area (Å²) in [4.78, 5) is 13.9. The van der Waals surface area contributed by atoms with E-state index in [1.165, 1.54) is 16.4 Å². The second-order valence-electron chi connectivity index (χ2n) is 6.51. The maximum Gasteiger partial charge on any atom is 0.374 e. The van der Waals surface area contributed by atoms with Crippen molar-refractivity contribution in [2.45, 2.75) is 25.0 Å². The van der Waals surface area contributed by atoms with Crippen molar-refractivity contribution in [1.82, 2.24) is 9.21 Å². The fourth-order valence-corrected chi connectivity index (χ4v) is 4.74. The van der Waals surface area contributed by atoms with Crippen LogP contribution in [-0.2, 0) is 14.8 Å². The van der Waals surface area contributed by atoms with Gasteiger partial charge in [0.15, 0.2) is 0 Å². The molecule has 1 aromatic heterocycles. The van der Waals surface area contributed by atoms with Gasteiger partial charge in [-0.3, -0.25) is 4.90 Å². The van der Waals surface area contributed by atoms with E-state index in [9.17, 15) is 13.2 Å². The van der Waals surface area contributed by atoms with Gasteiger partial charge < -0.3 is 9.15 Å². The van der Waals surface area contributed by atoms with Gasteiger partial charge in [-0.1, -0.05) is 23.7 Å². The second kappa shape index (κ2) is 8.65. The van der Waals surface area contributed by atoms with Gasteiger partial charge in [-0.2, -0.15) is 4.31 Å². The number of furan rings is 1. The van der Waals surface area contributed by atoms with Gasteiger partial charge in [0, 0.05) is 37.2 Å². The summed E-state index contributed by atoms with van der Waals surface area (Å²) in [6.45, 7) is 5.77. The molecule has 1 aliphatic heterocycles. The number of benzene rings is 1. The first-order chi connectivity index (χ1) is 13.3. The fraction of sp³-hybridized carbons (Fsp3) is 0.421. The molecule has 28 heavy (non-hydrogen) atoms. The minimum Gasteiger partial charge on any atom is -0.460 e. The molecular formula is C19H23ClN2O5S. The number of carbonyl (C=O) groups is 1. The predicted molar refractivity (Wildman–Crippen MR) is 105 cm³/mol. The summed E-state index contributed by atoms with van der Waals surface area (Å²) in [5.74, 6) is -0.794. The minimum absolute atomic E-state index is 0.117. The zero-order chi connectivity index (χ0) is 20.3. The van der Waals surface area contributed by atoms with Crippen LogP contribution in [0.15, 0.2) is 45.9 Å². The van der Waals surface area contributed by atoms with Crippen molar-refractivity contribution in [2.75, 3.05) is 32.8 Å². The summed E-state index contributed by atoms with van der Waals surface area (Å²) in [7, 11) is -3.80. The number of halogens is 1. The highest BCUT2D eigenvalue weighted by molar-refractivity contribution is 7.89. The van der Waals surface area contributed by atoms with Crippen LogP contribution >= 0.6 is 11.6 Å². The lowest BCUT2D eigenvalue weighted by molar-refractivity contribution is 0.0483. The van der Waals surface area contributed by atoms with Crippen molar-refractivity contribution in [1.29, 1.82) is 0 Å². The summed E-state index contributed by atoms with van der Waals surface area (Å²) in [5, 5.41) is 0.438. The number of hydrogen-bond acceptors (Lipinski definition) is 6. The molecule has 2 aromatic rings. The van der Waals surface area contributed by atoms with E-state index in [-0.39, 0.29) is 23.5 Å². The number of ether oxygens (including phenoxy) is 1. The molecule has 1 fully saturated rings. The Morgan fingerprint density at radius 1 is 1.21 bits per heavy atom. The van der Waals surface area contributed by atoms with Crippen LogP contribution in [0.3, 0.4) is 0 Å². The molecule has 0 N–H and O–H groups in total. The molecule has 0 amide bonds. The Morgan fingerprint density at radius 3 is 2.57 bits per heavy atom. The Labute approximate surface area is 169 Å². The van der Waals surface area contributed by atoms with Crippen LogP contribution in [0.1, 0.15) is 36.0 Å². The first kappa shape index (κ1) is 20.9. The topological polar surface area (TPSA) is 80.1 Å². The van der Waals surface area contributed by atoms with Gasteiger partial charge in [0.1, 0.15) is 0 Å². The van der Waals surface area contributed by atoms with Gasteiger partial charge in [-0.05, 0) is 43.7 Å². The molecule has 1 aromatic carbocycles. The van der Waals surface area contributed by atoms with E-state index >= 15 is 0 Å². The van der Waals surface area contributed by atoms with E-state index in [2.05, 4.69) is 11.8 Å². The van der Waals surface area contributed by atoms with Crippen LogP contribution in [0.2, 0.25) is 5.02 Å². The summed E-state index contributed by atoms with van der Waals surface area (Å²) in [6, 6.07) is 10.4. The average molecular weight is 427 g/mol. The maximum absolute atomic E-state index is 12.8. The molecule has 0 radical (unpaired) electrons. The molecular weight excluding hydrogens is 404 g/mol. The van der Waals surface area contributed by atoms with Crippen LogP contribution in [-0.4, -0.2) is 56.4 Å². The number of piperazine rings is 1. The first-order valence-corrected chi connectivity index (χ1v) is 10.9. The highest BCUT2D eigenvalue weighted by atomic mass is 35.5. The Morgan fingerprint density at radius 2 is 1.93 bits per heavy atom. The number of carbonyl (C=O) groups excluding carboxylic acids is 1. The van der Waals surface area contributed by atoms with Gasteiger partial charge in [0.05, 0.1) is 6.61 Å². The molecule has 1 atom stereocenters. The van der Waals surface area contributed by atoms with E-state index in [1.807, 2.05) is 24.3 Å². The first-order valence-electron chi connectivity index (χ1n) is 9.09. The summed E-state index contributed by atoms with van der Waals surface area (Å²) in [6.07, 6.45) is 0. The fourth-order valence-electron chi connectivity index (χ4n) is 3.21. The molecule has 1 unspecified atom stereocenters. The Balaban J connectivity index is 1.66. The van der Waals surface area contributed by atoms with Crippen molar-refractivity contribution >= 4 is 27.6 Å². The SMILES string of the molecule is CCOC(=O)c1ccc(S(=O)(=O)N2CCN(C(C)c3cccc(Cl)c3)CC2)o1. The standard InChI is InChI=1S/C19H23ClN2O5S/c1-3-26-19(23)17-7-8-18(27-17)28(24,25)22-11-9-21(10-12-22)14(2)15-5-4-6-16(20)13-15/h4-8,13-14H,3,9-12H2,1-2H3. The molecule has 1 aliphatic rings. The van der Waals surface area contributed by atoms with E-state index in [0.29, 0.717) is 31.2 Å². The third-order valence-corrected chi connectivity index (χ3v) is 6.81. The second-order valence-corrected chi connectivity index (χ2v) is 8.82. The molecule has 152 valence electrons. The summed E-state index contributed by atoms with van der Waals surface area (Å²) < 4.78 is 37.1. The van der Waals surface area contributed by atoms with Gasteiger partial charge in [-0.15, -0.1) is 0 Å². The smallest absolute Gasteiger partial charge is 0.374 e. The van der Waals surface area contributed by atoms with Crippen molar-refractivity contribution in [2.24, 2.45) is 0 Å². The van der Waals surface area contributed by atoms with Crippen LogP contribution in [0, 0.1) is 0 Å². The Bertz CT molecular complexity index is 935. The highest BCUT2D eigenvalue weighted by Gasteiger charge is 2.33. The Hall–Kier alpha value is -1.87. The Kier molecular flexibility index (Phi) is 6.44. The number of rotatable bonds is 6. The van der Waals surface area contributed by atoms with Gasteiger partial charge >= 0.3 is 5.97 Å². The van der Waals surface area contributed by atoms with E-state index in [1.54, 1.807) is 6.92 Å². The molecule has 9 heteroatoms.